The third kappa shape index (κ3) is 2.82. The zero-order valence-electron chi connectivity index (χ0n) is 9.75. The summed E-state index contributed by atoms with van der Waals surface area (Å²) in [7, 11) is 0. The first-order chi connectivity index (χ1) is 9.00. The van der Waals surface area contributed by atoms with Gasteiger partial charge in [0.15, 0.2) is 18.1 Å². The van der Waals surface area contributed by atoms with Gasteiger partial charge in [0.1, 0.15) is 12.2 Å². The molecule has 1 saturated heterocycles. The second kappa shape index (κ2) is 5.49. The molecule has 8 nitrogen and oxygen atoms in total. The molecular formula is C11H13NO7. The number of ether oxygens (including phenoxy) is 2. The zero-order valence-corrected chi connectivity index (χ0v) is 9.75. The van der Waals surface area contributed by atoms with E-state index in [1.54, 1.807) is 0 Å². The number of rotatable bonds is 3. The van der Waals surface area contributed by atoms with E-state index in [9.17, 15) is 25.4 Å². The summed E-state index contributed by atoms with van der Waals surface area (Å²) in [4.78, 5) is 10.2. The van der Waals surface area contributed by atoms with E-state index in [0.717, 1.165) is 0 Å². The highest BCUT2D eigenvalue weighted by atomic mass is 16.7. The number of para-hydroxylation sites is 2. The van der Waals surface area contributed by atoms with Gasteiger partial charge in [-0.25, -0.2) is 0 Å². The van der Waals surface area contributed by atoms with Gasteiger partial charge in [-0.2, -0.15) is 0 Å². The Hall–Kier alpha value is -1.74. The van der Waals surface area contributed by atoms with Crippen molar-refractivity contribution < 1.29 is 29.7 Å². The lowest BCUT2D eigenvalue weighted by Gasteiger charge is -2.35. The van der Waals surface area contributed by atoms with Gasteiger partial charge in [-0.15, -0.1) is 0 Å². The summed E-state index contributed by atoms with van der Waals surface area (Å²) in [6.45, 7) is -0.237. The Morgan fingerprint density at radius 1 is 1.32 bits per heavy atom. The summed E-state index contributed by atoms with van der Waals surface area (Å²) in [6.07, 6.45) is -5.40. The smallest absolute Gasteiger partial charge is 0.310 e. The Bertz CT molecular complexity index is 466. The minimum atomic E-state index is -1.47. The summed E-state index contributed by atoms with van der Waals surface area (Å²) in [5.74, 6) is -0.117. The number of aliphatic hydroxyl groups is 3. The first-order valence-electron chi connectivity index (χ1n) is 5.56. The number of nitro groups is 1. The molecule has 0 amide bonds. The number of hydrogen-bond donors (Lipinski definition) is 3. The number of benzene rings is 1. The molecule has 1 aromatic carbocycles. The first kappa shape index (κ1) is 13.7. The van der Waals surface area contributed by atoms with Crippen LogP contribution in [0.2, 0.25) is 0 Å². The number of nitrogens with zero attached hydrogens (tertiary/aromatic N) is 1. The fourth-order valence-electron chi connectivity index (χ4n) is 1.76. The Balaban J connectivity index is 2.22. The molecule has 1 aromatic rings. The molecule has 1 aliphatic rings. The molecule has 0 aliphatic carbocycles. The van der Waals surface area contributed by atoms with Crippen molar-refractivity contribution in [1.82, 2.24) is 0 Å². The normalized spacial score (nSPS) is 30.9. The molecule has 1 aliphatic heterocycles. The van der Waals surface area contributed by atoms with Gasteiger partial charge >= 0.3 is 5.69 Å². The molecule has 4 atom stereocenters. The predicted octanol–water partition coefficient (Wildman–Crippen LogP) is -0.587. The standard InChI is InChI=1S/C11H13NO7/c13-7-5-18-11(15)10(9(7)14)19-8-4-2-1-3-6(8)12(16)17/h1-4,7,9-11,13-15H,5H2/t7-,9+,10-,11?/m1/s1. The zero-order chi connectivity index (χ0) is 14.0. The average molecular weight is 271 g/mol. The third-order valence-electron chi connectivity index (χ3n) is 2.77. The topological polar surface area (TPSA) is 122 Å². The van der Waals surface area contributed by atoms with Crippen molar-refractivity contribution in [2.24, 2.45) is 0 Å². The first-order valence-corrected chi connectivity index (χ1v) is 5.56. The minimum Gasteiger partial charge on any atom is -0.475 e. The van der Waals surface area contributed by atoms with Crippen molar-refractivity contribution in [2.75, 3.05) is 6.61 Å². The molecule has 104 valence electrons. The van der Waals surface area contributed by atoms with Crippen LogP contribution in [0.1, 0.15) is 0 Å². The molecule has 2 rings (SSSR count). The maximum atomic E-state index is 10.8. The molecular weight excluding hydrogens is 258 g/mol. The molecule has 19 heavy (non-hydrogen) atoms. The average Bonchev–Trinajstić information content (AvgIpc) is 2.39. The van der Waals surface area contributed by atoms with E-state index in [4.69, 9.17) is 9.47 Å². The van der Waals surface area contributed by atoms with Crippen LogP contribution in [-0.2, 0) is 4.74 Å². The molecule has 1 unspecified atom stereocenters. The van der Waals surface area contributed by atoms with Crippen LogP contribution in [0.3, 0.4) is 0 Å². The van der Waals surface area contributed by atoms with E-state index in [-0.39, 0.29) is 18.0 Å². The van der Waals surface area contributed by atoms with Crippen LogP contribution in [0.15, 0.2) is 24.3 Å². The van der Waals surface area contributed by atoms with Crippen molar-refractivity contribution >= 4 is 5.69 Å². The van der Waals surface area contributed by atoms with Crippen LogP contribution in [0, 0.1) is 10.1 Å². The molecule has 0 aromatic heterocycles. The van der Waals surface area contributed by atoms with Crippen molar-refractivity contribution in [3.8, 4) is 5.75 Å². The van der Waals surface area contributed by atoms with E-state index in [1.165, 1.54) is 24.3 Å². The lowest BCUT2D eigenvalue weighted by atomic mass is 10.1. The van der Waals surface area contributed by atoms with Gasteiger partial charge in [0.25, 0.3) is 0 Å². The minimum absolute atomic E-state index is 0.117. The van der Waals surface area contributed by atoms with Crippen LogP contribution >= 0.6 is 0 Å². The Morgan fingerprint density at radius 2 is 2.00 bits per heavy atom. The van der Waals surface area contributed by atoms with E-state index in [1.807, 2.05) is 0 Å². The van der Waals surface area contributed by atoms with Gasteiger partial charge in [-0.3, -0.25) is 10.1 Å². The highest BCUT2D eigenvalue weighted by molar-refractivity contribution is 5.45. The molecule has 0 radical (unpaired) electrons. The van der Waals surface area contributed by atoms with Gasteiger partial charge in [-0.05, 0) is 6.07 Å². The summed E-state index contributed by atoms with van der Waals surface area (Å²) >= 11 is 0. The van der Waals surface area contributed by atoms with Crippen LogP contribution in [0.5, 0.6) is 5.75 Å². The predicted molar refractivity (Wildman–Crippen MR) is 61.5 cm³/mol. The van der Waals surface area contributed by atoms with Crippen molar-refractivity contribution in [1.29, 1.82) is 0 Å². The highest BCUT2D eigenvalue weighted by Crippen LogP contribution is 2.29. The van der Waals surface area contributed by atoms with Gasteiger partial charge < -0.3 is 24.8 Å². The van der Waals surface area contributed by atoms with E-state index >= 15 is 0 Å². The molecule has 1 fully saturated rings. The number of aliphatic hydroxyl groups excluding tert-OH is 3. The highest BCUT2D eigenvalue weighted by Gasteiger charge is 2.40. The van der Waals surface area contributed by atoms with Crippen LogP contribution in [0.4, 0.5) is 5.69 Å². The second-order valence-electron chi connectivity index (χ2n) is 4.09. The SMILES string of the molecule is O=[N+]([O-])c1ccccc1O[C@H]1C(O)OC[C@@H](O)[C@@H]1O. The maximum Gasteiger partial charge on any atom is 0.310 e. The van der Waals surface area contributed by atoms with Crippen LogP contribution in [-0.4, -0.2) is 51.5 Å². The molecule has 0 bridgehead atoms. The molecule has 8 heteroatoms. The van der Waals surface area contributed by atoms with Gasteiger partial charge in [0, 0.05) is 6.07 Å². The van der Waals surface area contributed by atoms with E-state index < -0.39 is 29.5 Å². The molecule has 3 N–H and O–H groups in total. The summed E-state index contributed by atoms with van der Waals surface area (Å²) in [5, 5.41) is 39.5. The summed E-state index contributed by atoms with van der Waals surface area (Å²) in [5.41, 5.74) is -0.304. The van der Waals surface area contributed by atoms with E-state index in [0.29, 0.717) is 0 Å². The summed E-state index contributed by atoms with van der Waals surface area (Å²) in [6, 6.07) is 5.54. The van der Waals surface area contributed by atoms with Crippen LogP contribution < -0.4 is 4.74 Å². The molecule has 0 saturated carbocycles. The van der Waals surface area contributed by atoms with E-state index in [2.05, 4.69) is 0 Å². The van der Waals surface area contributed by atoms with Crippen molar-refractivity contribution in [3.63, 3.8) is 0 Å². The van der Waals surface area contributed by atoms with Gasteiger partial charge in [0.2, 0.25) is 0 Å². The Morgan fingerprint density at radius 3 is 2.68 bits per heavy atom. The fraction of sp³-hybridized carbons (Fsp3) is 0.455. The van der Waals surface area contributed by atoms with Crippen molar-refractivity contribution in [2.45, 2.75) is 24.6 Å². The third-order valence-corrected chi connectivity index (χ3v) is 2.77. The number of hydrogen-bond acceptors (Lipinski definition) is 7. The lowest BCUT2D eigenvalue weighted by molar-refractivity contribution is -0.386. The van der Waals surface area contributed by atoms with Crippen molar-refractivity contribution in [3.05, 3.63) is 34.4 Å². The van der Waals surface area contributed by atoms with Crippen LogP contribution in [0.25, 0.3) is 0 Å². The summed E-state index contributed by atoms with van der Waals surface area (Å²) < 4.78 is 10.0. The number of nitro benzene ring substituents is 1. The Labute approximate surface area is 108 Å². The largest absolute Gasteiger partial charge is 0.475 e. The maximum absolute atomic E-state index is 10.8. The second-order valence-corrected chi connectivity index (χ2v) is 4.09. The lowest BCUT2D eigenvalue weighted by Crippen LogP contribution is -2.55. The molecule has 1 heterocycles. The van der Waals surface area contributed by atoms with Gasteiger partial charge in [0.05, 0.1) is 11.5 Å². The molecule has 0 spiro atoms. The Kier molecular flexibility index (Phi) is 3.96. The monoisotopic (exact) mass is 271 g/mol. The van der Waals surface area contributed by atoms with Gasteiger partial charge in [-0.1, -0.05) is 12.1 Å². The fourth-order valence-corrected chi connectivity index (χ4v) is 1.76. The quantitative estimate of drug-likeness (QED) is 0.496.